The third-order valence-corrected chi connectivity index (χ3v) is 6.54. The Morgan fingerprint density at radius 3 is 2.67 bits per heavy atom. The zero-order valence-electron chi connectivity index (χ0n) is 19.9. The van der Waals surface area contributed by atoms with Crippen molar-refractivity contribution in [1.29, 1.82) is 0 Å². The summed E-state index contributed by atoms with van der Waals surface area (Å²) < 4.78 is 7.47. The average molecular weight is 568 g/mol. The topological polar surface area (TPSA) is 70.8 Å². The van der Waals surface area contributed by atoms with Crippen molar-refractivity contribution in [3.05, 3.63) is 47.5 Å². The number of morpholine rings is 1. The van der Waals surface area contributed by atoms with Crippen LogP contribution in [-0.4, -0.2) is 83.0 Å². The lowest BCUT2D eigenvalue weighted by atomic mass is 9.99. The van der Waals surface area contributed by atoms with Gasteiger partial charge in [-0.25, -0.2) is 4.99 Å². The number of hydrogen-bond donors (Lipinski definition) is 1. The van der Waals surface area contributed by atoms with Crippen molar-refractivity contribution in [3.8, 4) is 0 Å². The van der Waals surface area contributed by atoms with E-state index in [0.29, 0.717) is 12.5 Å². The Labute approximate surface area is 214 Å². The van der Waals surface area contributed by atoms with Crippen molar-refractivity contribution in [3.63, 3.8) is 0 Å². The zero-order valence-corrected chi connectivity index (χ0v) is 22.3. The molecule has 2 aliphatic rings. The standard InChI is InChI=1S/C24H37N7O.HI/c1-20-27-28-23(29(20)2)18-26-24(25-10-6-11-30-13-15-32-16-14-30)31-12-9-22(19-31)17-21-7-4-3-5-8-21;/h3-5,7-8,22H,6,9-19H2,1-2H3,(H,25,26);1H. The molecule has 3 heterocycles. The summed E-state index contributed by atoms with van der Waals surface area (Å²) in [4.78, 5) is 9.85. The number of hydrogen-bond acceptors (Lipinski definition) is 5. The maximum atomic E-state index is 5.45. The van der Waals surface area contributed by atoms with Gasteiger partial charge in [0.2, 0.25) is 0 Å². The van der Waals surface area contributed by atoms with Gasteiger partial charge in [0, 0.05) is 39.8 Å². The van der Waals surface area contributed by atoms with E-state index in [1.165, 1.54) is 12.0 Å². The number of aromatic nitrogens is 3. The van der Waals surface area contributed by atoms with E-state index in [9.17, 15) is 0 Å². The Kier molecular flexibility index (Phi) is 10.4. The van der Waals surface area contributed by atoms with Gasteiger partial charge in [0.05, 0.1) is 13.2 Å². The van der Waals surface area contributed by atoms with Crippen LogP contribution in [0.5, 0.6) is 0 Å². The number of nitrogens with one attached hydrogen (secondary N) is 1. The van der Waals surface area contributed by atoms with Crippen LogP contribution in [0.3, 0.4) is 0 Å². The van der Waals surface area contributed by atoms with Gasteiger partial charge in [0.1, 0.15) is 12.4 Å². The van der Waals surface area contributed by atoms with Gasteiger partial charge in [-0.1, -0.05) is 30.3 Å². The Hall–Kier alpha value is -1.72. The molecule has 0 bridgehead atoms. The van der Waals surface area contributed by atoms with Crippen molar-refractivity contribution in [1.82, 2.24) is 29.9 Å². The highest BCUT2D eigenvalue weighted by Gasteiger charge is 2.25. The van der Waals surface area contributed by atoms with Crippen LogP contribution in [0.1, 0.15) is 30.1 Å². The second kappa shape index (κ2) is 13.2. The Balaban J connectivity index is 0.00000306. The average Bonchev–Trinajstić information content (AvgIpc) is 3.41. The highest BCUT2D eigenvalue weighted by molar-refractivity contribution is 14.0. The van der Waals surface area contributed by atoms with Gasteiger partial charge in [0.15, 0.2) is 11.8 Å². The fraction of sp³-hybridized carbons (Fsp3) is 0.625. The number of benzene rings is 1. The lowest BCUT2D eigenvalue weighted by molar-refractivity contribution is 0.0375. The van der Waals surface area contributed by atoms with Crippen molar-refractivity contribution in [2.45, 2.75) is 32.7 Å². The summed E-state index contributed by atoms with van der Waals surface area (Å²) >= 11 is 0. The first-order valence-corrected chi connectivity index (χ1v) is 11.9. The maximum absolute atomic E-state index is 5.45. The van der Waals surface area contributed by atoms with Gasteiger partial charge < -0.3 is 19.5 Å². The van der Waals surface area contributed by atoms with Crippen molar-refractivity contribution < 1.29 is 4.74 Å². The van der Waals surface area contributed by atoms with Crippen molar-refractivity contribution >= 4 is 29.9 Å². The summed E-state index contributed by atoms with van der Waals surface area (Å²) in [6, 6.07) is 10.8. The van der Waals surface area contributed by atoms with Gasteiger partial charge >= 0.3 is 0 Å². The van der Waals surface area contributed by atoms with Gasteiger partial charge in [-0.2, -0.15) is 0 Å². The smallest absolute Gasteiger partial charge is 0.194 e. The number of nitrogens with zero attached hydrogens (tertiary/aromatic N) is 6. The van der Waals surface area contributed by atoms with Crippen LogP contribution in [0.15, 0.2) is 35.3 Å². The molecule has 8 nitrogen and oxygen atoms in total. The summed E-state index contributed by atoms with van der Waals surface area (Å²) in [5, 5.41) is 12.1. The quantitative estimate of drug-likeness (QED) is 0.229. The number of guanidine groups is 1. The molecule has 2 aliphatic heterocycles. The van der Waals surface area contributed by atoms with Crippen LogP contribution >= 0.6 is 24.0 Å². The molecule has 0 aliphatic carbocycles. The van der Waals surface area contributed by atoms with Crippen LogP contribution in [0.2, 0.25) is 0 Å². The third-order valence-electron chi connectivity index (χ3n) is 6.54. The molecule has 182 valence electrons. The number of likely N-dealkylation sites (tertiary alicyclic amines) is 1. The van der Waals surface area contributed by atoms with Gasteiger partial charge in [-0.05, 0) is 44.2 Å². The minimum Gasteiger partial charge on any atom is -0.379 e. The predicted molar refractivity (Wildman–Crippen MR) is 142 cm³/mol. The summed E-state index contributed by atoms with van der Waals surface area (Å²) in [6.45, 7) is 10.4. The monoisotopic (exact) mass is 567 g/mol. The molecule has 1 unspecified atom stereocenters. The van der Waals surface area contributed by atoms with Crippen molar-refractivity contribution in [2.75, 3.05) is 52.5 Å². The first-order chi connectivity index (χ1) is 15.7. The van der Waals surface area contributed by atoms with E-state index in [0.717, 1.165) is 82.9 Å². The van der Waals surface area contributed by atoms with Crippen LogP contribution < -0.4 is 5.32 Å². The molecule has 1 atom stereocenters. The van der Waals surface area contributed by atoms with Crippen molar-refractivity contribution in [2.24, 2.45) is 18.0 Å². The minimum absolute atomic E-state index is 0. The molecule has 2 aromatic rings. The molecule has 0 amide bonds. The number of aliphatic imine (C=N–C) groups is 1. The van der Waals surface area contributed by atoms with Crippen LogP contribution in [0.4, 0.5) is 0 Å². The number of halogens is 1. The van der Waals surface area contributed by atoms with E-state index in [1.54, 1.807) is 0 Å². The van der Waals surface area contributed by atoms with E-state index in [4.69, 9.17) is 9.73 Å². The Morgan fingerprint density at radius 1 is 1.15 bits per heavy atom. The second-order valence-electron chi connectivity index (χ2n) is 8.89. The summed E-state index contributed by atoms with van der Waals surface area (Å²) in [7, 11) is 2.00. The molecule has 0 saturated carbocycles. The normalized spacial score (nSPS) is 19.5. The highest BCUT2D eigenvalue weighted by Crippen LogP contribution is 2.21. The summed E-state index contributed by atoms with van der Waals surface area (Å²) in [5.74, 6) is 3.48. The molecular formula is C24H38IN7O. The molecule has 1 aromatic carbocycles. The van der Waals surface area contributed by atoms with Crippen LogP contribution in [0.25, 0.3) is 0 Å². The molecule has 0 spiro atoms. The highest BCUT2D eigenvalue weighted by atomic mass is 127. The lowest BCUT2D eigenvalue weighted by Crippen LogP contribution is -2.42. The molecule has 2 saturated heterocycles. The molecule has 1 aromatic heterocycles. The second-order valence-corrected chi connectivity index (χ2v) is 8.89. The molecule has 4 rings (SSSR count). The minimum atomic E-state index is 0. The van der Waals surface area contributed by atoms with E-state index in [2.05, 4.69) is 55.6 Å². The lowest BCUT2D eigenvalue weighted by Gasteiger charge is -2.27. The summed E-state index contributed by atoms with van der Waals surface area (Å²) in [6.07, 6.45) is 3.43. The van der Waals surface area contributed by atoms with E-state index < -0.39 is 0 Å². The zero-order chi connectivity index (χ0) is 22.2. The maximum Gasteiger partial charge on any atom is 0.194 e. The molecule has 9 heteroatoms. The van der Waals surface area contributed by atoms with E-state index in [1.807, 2.05) is 18.5 Å². The summed E-state index contributed by atoms with van der Waals surface area (Å²) in [5.41, 5.74) is 1.42. The number of ether oxygens (including phenoxy) is 1. The largest absolute Gasteiger partial charge is 0.379 e. The Morgan fingerprint density at radius 2 is 1.94 bits per heavy atom. The molecule has 1 N–H and O–H groups in total. The van der Waals surface area contributed by atoms with Gasteiger partial charge in [0.25, 0.3) is 0 Å². The van der Waals surface area contributed by atoms with Crippen LogP contribution in [0, 0.1) is 12.8 Å². The number of rotatable bonds is 8. The van der Waals surface area contributed by atoms with E-state index >= 15 is 0 Å². The first-order valence-electron chi connectivity index (χ1n) is 11.9. The Bertz CT molecular complexity index is 867. The third kappa shape index (κ3) is 7.65. The van der Waals surface area contributed by atoms with E-state index in [-0.39, 0.29) is 24.0 Å². The fourth-order valence-corrected chi connectivity index (χ4v) is 4.47. The fourth-order valence-electron chi connectivity index (χ4n) is 4.47. The molecule has 2 fully saturated rings. The van der Waals surface area contributed by atoms with Crippen LogP contribution in [-0.2, 0) is 24.8 Å². The predicted octanol–water partition coefficient (Wildman–Crippen LogP) is 2.47. The SMILES string of the molecule is Cc1nnc(CN=C(NCCCN2CCOCC2)N2CCC(Cc3ccccc3)C2)n1C.I. The van der Waals surface area contributed by atoms with Gasteiger partial charge in [-0.3, -0.25) is 4.90 Å². The molecule has 33 heavy (non-hydrogen) atoms. The first kappa shape index (κ1) is 25.9. The number of aryl methyl sites for hydroxylation is 1. The van der Waals surface area contributed by atoms with Gasteiger partial charge in [-0.15, -0.1) is 34.2 Å². The molecular weight excluding hydrogens is 529 g/mol. The molecule has 0 radical (unpaired) electrons.